The van der Waals surface area contributed by atoms with E-state index in [0.29, 0.717) is 0 Å². The Hall–Kier alpha value is -1.84. The largest absolute Gasteiger partial charge is 0.313 e. The van der Waals surface area contributed by atoms with E-state index in [1.165, 1.54) is 11.4 Å². The Morgan fingerprint density at radius 1 is 0.722 bits per heavy atom. The van der Waals surface area contributed by atoms with E-state index in [0.717, 1.165) is 13.1 Å². The molecule has 2 aromatic carbocycles. The molecule has 0 aliphatic carbocycles. The van der Waals surface area contributed by atoms with Gasteiger partial charge in [0, 0.05) is 24.5 Å². The lowest BCUT2D eigenvalue weighted by Gasteiger charge is -2.31. The molecule has 1 heterocycles. The van der Waals surface area contributed by atoms with Crippen LogP contribution in [-0.4, -0.2) is 19.4 Å². The van der Waals surface area contributed by atoms with E-state index in [-0.39, 0.29) is 6.29 Å². The molecule has 0 saturated carbocycles. The molecule has 2 N–H and O–H groups in total. The van der Waals surface area contributed by atoms with Crippen LogP contribution in [0.25, 0.3) is 0 Å². The summed E-state index contributed by atoms with van der Waals surface area (Å²) in [5, 5.41) is 6.94. The topological polar surface area (TPSA) is 27.3 Å². The van der Waals surface area contributed by atoms with Crippen molar-refractivity contribution in [3.63, 3.8) is 0 Å². The highest BCUT2D eigenvalue weighted by Crippen LogP contribution is 2.26. The lowest BCUT2D eigenvalue weighted by atomic mass is 10.2. The van der Waals surface area contributed by atoms with Crippen LogP contribution in [0.2, 0.25) is 0 Å². The lowest BCUT2D eigenvalue weighted by molar-refractivity contribution is 0.562. The predicted octanol–water partition coefficient (Wildman–Crippen LogP) is 2.30. The maximum absolute atomic E-state index is 3.47. The molecule has 3 rings (SSSR count). The molecule has 0 bridgehead atoms. The lowest BCUT2D eigenvalue weighted by Crippen LogP contribution is -2.46. The molecule has 0 aromatic heterocycles. The summed E-state index contributed by atoms with van der Waals surface area (Å²) >= 11 is 0. The average molecular weight is 239 g/mol. The zero-order chi connectivity index (χ0) is 12.2. The predicted molar refractivity (Wildman–Crippen MR) is 74.8 cm³/mol. The first kappa shape index (κ1) is 11.3. The van der Waals surface area contributed by atoms with Gasteiger partial charge in [0.2, 0.25) is 0 Å². The van der Waals surface area contributed by atoms with E-state index in [1.54, 1.807) is 0 Å². The van der Waals surface area contributed by atoms with E-state index in [4.69, 9.17) is 0 Å². The van der Waals surface area contributed by atoms with E-state index in [9.17, 15) is 0 Å². The maximum Gasteiger partial charge on any atom is 0.139 e. The summed E-state index contributed by atoms with van der Waals surface area (Å²) in [6.07, 6.45) is 0.162. The molecule has 2 aromatic rings. The van der Waals surface area contributed by atoms with Gasteiger partial charge in [-0.3, -0.25) is 10.6 Å². The fourth-order valence-electron chi connectivity index (χ4n) is 2.30. The summed E-state index contributed by atoms with van der Waals surface area (Å²) in [7, 11) is 0. The Morgan fingerprint density at radius 3 is 1.61 bits per heavy atom. The van der Waals surface area contributed by atoms with Crippen LogP contribution in [0.15, 0.2) is 60.7 Å². The van der Waals surface area contributed by atoms with Crippen LogP contribution >= 0.6 is 0 Å². The molecule has 1 aliphatic heterocycles. The molecule has 0 amide bonds. The number of anilines is 2. The number of nitrogens with zero attached hydrogens (tertiary/aromatic N) is 1. The van der Waals surface area contributed by atoms with E-state index >= 15 is 0 Å². The van der Waals surface area contributed by atoms with Gasteiger partial charge in [-0.2, -0.15) is 0 Å². The molecule has 3 nitrogen and oxygen atoms in total. The van der Waals surface area contributed by atoms with Gasteiger partial charge in [0.05, 0.1) is 0 Å². The van der Waals surface area contributed by atoms with E-state index in [2.05, 4.69) is 64.1 Å². The van der Waals surface area contributed by atoms with Crippen LogP contribution in [0, 0.1) is 0 Å². The first-order valence-corrected chi connectivity index (χ1v) is 6.31. The smallest absolute Gasteiger partial charge is 0.139 e. The summed E-state index contributed by atoms with van der Waals surface area (Å²) < 4.78 is 0. The molecule has 92 valence electrons. The van der Waals surface area contributed by atoms with Gasteiger partial charge >= 0.3 is 0 Å². The first-order valence-electron chi connectivity index (χ1n) is 6.31. The number of benzene rings is 2. The van der Waals surface area contributed by atoms with E-state index in [1.807, 2.05) is 12.1 Å². The average Bonchev–Trinajstić information content (AvgIpc) is 2.95. The number of rotatable bonds is 3. The summed E-state index contributed by atoms with van der Waals surface area (Å²) in [5.74, 6) is 0. The minimum absolute atomic E-state index is 0.162. The highest BCUT2D eigenvalue weighted by Gasteiger charge is 2.22. The van der Waals surface area contributed by atoms with Crippen LogP contribution in [0.3, 0.4) is 0 Å². The van der Waals surface area contributed by atoms with Gasteiger partial charge in [-0.25, -0.2) is 0 Å². The summed E-state index contributed by atoms with van der Waals surface area (Å²) in [4.78, 5) is 2.28. The molecule has 1 aliphatic rings. The molecule has 0 radical (unpaired) electrons. The van der Waals surface area contributed by atoms with Crippen molar-refractivity contribution in [2.45, 2.75) is 6.29 Å². The first-order chi connectivity index (χ1) is 8.95. The Morgan fingerprint density at radius 2 is 1.17 bits per heavy atom. The van der Waals surface area contributed by atoms with Crippen LogP contribution in [0.1, 0.15) is 0 Å². The zero-order valence-corrected chi connectivity index (χ0v) is 10.2. The molecular formula is C15H17N3. The van der Waals surface area contributed by atoms with Gasteiger partial charge in [-0.05, 0) is 24.3 Å². The molecule has 18 heavy (non-hydrogen) atoms. The maximum atomic E-state index is 3.47. The van der Waals surface area contributed by atoms with Crippen molar-refractivity contribution in [3.8, 4) is 0 Å². The van der Waals surface area contributed by atoms with Crippen molar-refractivity contribution in [1.29, 1.82) is 0 Å². The zero-order valence-electron chi connectivity index (χ0n) is 10.2. The fourth-order valence-corrected chi connectivity index (χ4v) is 2.30. The third kappa shape index (κ3) is 2.23. The van der Waals surface area contributed by atoms with Crippen molar-refractivity contribution in [1.82, 2.24) is 10.6 Å². The summed E-state index contributed by atoms with van der Waals surface area (Å²) in [5.41, 5.74) is 2.38. The van der Waals surface area contributed by atoms with E-state index < -0.39 is 0 Å². The van der Waals surface area contributed by atoms with Gasteiger partial charge in [0.15, 0.2) is 0 Å². The normalized spacial score (nSPS) is 15.8. The van der Waals surface area contributed by atoms with Gasteiger partial charge in [0.25, 0.3) is 0 Å². The fraction of sp³-hybridized carbons (Fsp3) is 0.200. The molecule has 0 atom stereocenters. The molecular weight excluding hydrogens is 222 g/mol. The van der Waals surface area contributed by atoms with Crippen LogP contribution in [0.4, 0.5) is 11.4 Å². The van der Waals surface area contributed by atoms with Gasteiger partial charge in [-0.15, -0.1) is 0 Å². The van der Waals surface area contributed by atoms with Crippen LogP contribution in [-0.2, 0) is 0 Å². The van der Waals surface area contributed by atoms with Crippen molar-refractivity contribution in [2.75, 3.05) is 18.0 Å². The molecule has 0 unspecified atom stereocenters. The van der Waals surface area contributed by atoms with Gasteiger partial charge in [0.1, 0.15) is 6.29 Å². The molecule has 1 saturated heterocycles. The number of para-hydroxylation sites is 2. The second-order valence-electron chi connectivity index (χ2n) is 4.35. The Kier molecular flexibility index (Phi) is 3.26. The Labute approximate surface area is 107 Å². The molecule has 1 fully saturated rings. The van der Waals surface area contributed by atoms with Crippen molar-refractivity contribution >= 4 is 11.4 Å². The van der Waals surface area contributed by atoms with Crippen LogP contribution in [0.5, 0.6) is 0 Å². The number of nitrogens with one attached hydrogen (secondary N) is 2. The minimum atomic E-state index is 0.162. The summed E-state index contributed by atoms with van der Waals surface area (Å²) in [6, 6.07) is 20.9. The third-order valence-corrected chi connectivity index (χ3v) is 3.13. The van der Waals surface area contributed by atoms with Crippen molar-refractivity contribution in [3.05, 3.63) is 60.7 Å². The standard InChI is InChI=1S/C15H17N3/c1-3-7-13(8-4-1)18(15-16-11-12-17-15)14-9-5-2-6-10-14/h1-10,15-17H,11-12H2. The SMILES string of the molecule is c1ccc(N(c2ccccc2)C2NCCN2)cc1. The quantitative estimate of drug-likeness (QED) is 0.860. The second kappa shape index (κ2) is 5.21. The number of hydrogen-bond donors (Lipinski definition) is 2. The highest BCUT2D eigenvalue weighted by atomic mass is 15.4. The minimum Gasteiger partial charge on any atom is -0.313 e. The Balaban J connectivity index is 1.98. The van der Waals surface area contributed by atoms with Gasteiger partial charge in [-0.1, -0.05) is 36.4 Å². The Bertz CT molecular complexity index is 438. The van der Waals surface area contributed by atoms with Crippen molar-refractivity contribution < 1.29 is 0 Å². The van der Waals surface area contributed by atoms with Gasteiger partial charge < -0.3 is 4.90 Å². The second-order valence-corrected chi connectivity index (χ2v) is 4.35. The molecule has 3 heteroatoms. The monoisotopic (exact) mass is 239 g/mol. The number of hydrogen-bond acceptors (Lipinski definition) is 3. The highest BCUT2D eigenvalue weighted by molar-refractivity contribution is 5.63. The van der Waals surface area contributed by atoms with Crippen molar-refractivity contribution in [2.24, 2.45) is 0 Å². The summed E-state index contributed by atoms with van der Waals surface area (Å²) in [6.45, 7) is 2.00. The molecule has 0 spiro atoms. The van der Waals surface area contributed by atoms with Crippen LogP contribution < -0.4 is 15.5 Å². The third-order valence-electron chi connectivity index (χ3n) is 3.13.